The van der Waals surface area contributed by atoms with Gasteiger partial charge in [-0.25, -0.2) is 0 Å². The zero-order chi connectivity index (χ0) is 13.7. The van der Waals surface area contributed by atoms with Gasteiger partial charge in [0, 0.05) is 11.5 Å². The Hall–Kier alpha value is -1.56. The maximum Gasteiger partial charge on any atom is 0.263 e. The van der Waals surface area contributed by atoms with Crippen molar-refractivity contribution in [2.24, 2.45) is 5.73 Å². The Kier molecular flexibility index (Phi) is 5.15. The minimum absolute atomic E-state index is 0.118. The van der Waals surface area contributed by atoms with E-state index in [2.05, 4.69) is 15.9 Å². The van der Waals surface area contributed by atoms with E-state index in [-0.39, 0.29) is 12.5 Å². The van der Waals surface area contributed by atoms with E-state index in [1.165, 1.54) is 11.9 Å². The Labute approximate surface area is 114 Å². The fraction of sp³-hybridized carbons (Fsp3) is 0.333. The van der Waals surface area contributed by atoms with Gasteiger partial charge in [-0.15, -0.1) is 0 Å². The zero-order valence-corrected chi connectivity index (χ0v) is 11.8. The molecule has 1 atom stereocenters. The molecule has 1 rings (SSSR count). The van der Waals surface area contributed by atoms with Gasteiger partial charge < -0.3 is 15.4 Å². The van der Waals surface area contributed by atoms with Gasteiger partial charge in [0.1, 0.15) is 5.75 Å². The number of carbonyl (C=O) groups excluding carboxylic acids is 2. The van der Waals surface area contributed by atoms with Gasteiger partial charge in [-0.05, 0) is 31.2 Å². The first-order valence-corrected chi connectivity index (χ1v) is 6.15. The zero-order valence-electron chi connectivity index (χ0n) is 10.2. The number of likely N-dealkylation sites (N-methyl/N-ethyl adjacent to an activating group) is 1. The number of benzene rings is 1. The summed E-state index contributed by atoms with van der Waals surface area (Å²) in [5.41, 5.74) is 5.02. The van der Waals surface area contributed by atoms with E-state index in [0.29, 0.717) is 5.75 Å². The van der Waals surface area contributed by atoms with Crippen molar-refractivity contribution in [3.63, 3.8) is 0 Å². The van der Waals surface area contributed by atoms with Gasteiger partial charge in [0.15, 0.2) is 6.10 Å². The van der Waals surface area contributed by atoms with Crippen LogP contribution in [0, 0.1) is 0 Å². The molecule has 0 heterocycles. The quantitative estimate of drug-likeness (QED) is 0.886. The molecule has 0 spiro atoms. The highest BCUT2D eigenvalue weighted by molar-refractivity contribution is 9.10. The van der Waals surface area contributed by atoms with Crippen LogP contribution in [-0.4, -0.2) is 36.4 Å². The van der Waals surface area contributed by atoms with E-state index < -0.39 is 12.0 Å². The predicted molar refractivity (Wildman–Crippen MR) is 71.1 cm³/mol. The molecule has 0 aliphatic rings. The summed E-state index contributed by atoms with van der Waals surface area (Å²) in [5.74, 6) is -0.259. The molecule has 1 aromatic carbocycles. The lowest BCUT2D eigenvalue weighted by Crippen LogP contribution is -2.42. The average Bonchev–Trinajstić information content (AvgIpc) is 2.30. The molecule has 0 radical (unpaired) electrons. The average molecular weight is 315 g/mol. The number of rotatable bonds is 5. The summed E-state index contributed by atoms with van der Waals surface area (Å²) < 4.78 is 6.40. The molecule has 5 nitrogen and oxygen atoms in total. The lowest BCUT2D eigenvalue weighted by molar-refractivity contribution is -0.139. The van der Waals surface area contributed by atoms with Gasteiger partial charge in [0.05, 0.1) is 6.54 Å². The minimum atomic E-state index is -0.671. The monoisotopic (exact) mass is 314 g/mol. The molecular formula is C12H15BrN2O3. The van der Waals surface area contributed by atoms with Gasteiger partial charge in [0.25, 0.3) is 5.91 Å². The second-order valence-electron chi connectivity index (χ2n) is 3.87. The van der Waals surface area contributed by atoms with Crippen LogP contribution in [0.5, 0.6) is 5.75 Å². The van der Waals surface area contributed by atoms with E-state index in [0.717, 1.165) is 4.47 Å². The van der Waals surface area contributed by atoms with Crippen molar-refractivity contribution >= 4 is 27.7 Å². The summed E-state index contributed by atoms with van der Waals surface area (Å²) in [6, 6.07) is 7.14. The van der Waals surface area contributed by atoms with Crippen LogP contribution >= 0.6 is 15.9 Å². The summed E-state index contributed by atoms with van der Waals surface area (Å²) in [4.78, 5) is 23.8. The Morgan fingerprint density at radius 2 is 1.94 bits per heavy atom. The van der Waals surface area contributed by atoms with Crippen LogP contribution in [0.25, 0.3) is 0 Å². The lowest BCUT2D eigenvalue weighted by Gasteiger charge is -2.20. The molecule has 2 amide bonds. The first-order valence-electron chi connectivity index (χ1n) is 5.35. The third-order valence-corrected chi connectivity index (χ3v) is 2.77. The molecule has 0 unspecified atom stereocenters. The van der Waals surface area contributed by atoms with Crippen LogP contribution in [0.3, 0.4) is 0 Å². The molecule has 0 fully saturated rings. The van der Waals surface area contributed by atoms with Crippen LogP contribution < -0.4 is 10.5 Å². The second-order valence-corrected chi connectivity index (χ2v) is 4.79. The van der Waals surface area contributed by atoms with E-state index in [1.807, 2.05) is 12.1 Å². The first kappa shape index (κ1) is 14.5. The Balaban J connectivity index is 2.59. The molecule has 0 aromatic heterocycles. The Morgan fingerprint density at radius 1 is 1.39 bits per heavy atom. The topological polar surface area (TPSA) is 72.6 Å². The summed E-state index contributed by atoms with van der Waals surface area (Å²) in [5, 5.41) is 0. The van der Waals surface area contributed by atoms with Crippen molar-refractivity contribution < 1.29 is 14.3 Å². The molecule has 1 aromatic rings. The Bertz CT molecular complexity index is 433. The first-order chi connectivity index (χ1) is 8.40. The second kappa shape index (κ2) is 6.39. The van der Waals surface area contributed by atoms with Gasteiger partial charge in [0.2, 0.25) is 5.91 Å². The molecule has 2 N–H and O–H groups in total. The van der Waals surface area contributed by atoms with Crippen molar-refractivity contribution in [2.45, 2.75) is 13.0 Å². The number of halogens is 1. The number of primary amides is 1. The Morgan fingerprint density at radius 3 is 2.44 bits per heavy atom. The van der Waals surface area contributed by atoms with Crippen LogP contribution in [0.4, 0.5) is 0 Å². The van der Waals surface area contributed by atoms with Crippen molar-refractivity contribution in [3.05, 3.63) is 28.7 Å². The molecule has 98 valence electrons. The molecular weight excluding hydrogens is 300 g/mol. The van der Waals surface area contributed by atoms with Gasteiger partial charge in [-0.3, -0.25) is 9.59 Å². The fourth-order valence-corrected chi connectivity index (χ4v) is 1.65. The van der Waals surface area contributed by atoms with Crippen molar-refractivity contribution in [2.75, 3.05) is 13.6 Å². The SMILES string of the molecule is C[C@@H](Oc1ccc(Br)cc1)C(=O)N(C)CC(N)=O. The number of hydrogen-bond donors (Lipinski definition) is 1. The van der Waals surface area contributed by atoms with Crippen molar-refractivity contribution in [3.8, 4) is 5.75 Å². The lowest BCUT2D eigenvalue weighted by atomic mass is 10.3. The van der Waals surface area contributed by atoms with Gasteiger partial charge in [-0.2, -0.15) is 0 Å². The molecule has 0 saturated carbocycles. The largest absolute Gasteiger partial charge is 0.481 e. The van der Waals surface area contributed by atoms with E-state index in [4.69, 9.17) is 10.5 Å². The maximum absolute atomic E-state index is 11.8. The molecule has 0 bridgehead atoms. The molecule has 0 aliphatic carbocycles. The summed E-state index contributed by atoms with van der Waals surface area (Å²) in [6.45, 7) is 1.51. The van der Waals surface area contributed by atoms with Crippen LogP contribution in [0.15, 0.2) is 28.7 Å². The third kappa shape index (κ3) is 4.37. The number of hydrogen-bond acceptors (Lipinski definition) is 3. The summed E-state index contributed by atoms with van der Waals surface area (Å²) >= 11 is 3.31. The normalized spacial score (nSPS) is 11.7. The van der Waals surface area contributed by atoms with Crippen LogP contribution in [0.1, 0.15) is 6.92 Å². The molecule has 18 heavy (non-hydrogen) atoms. The van der Waals surface area contributed by atoms with Crippen molar-refractivity contribution in [1.82, 2.24) is 4.90 Å². The highest BCUT2D eigenvalue weighted by Gasteiger charge is 2.20. The highest BCUT2D eigenvalue weighted by Crippen LogP contribution is 2.17. The van der Waals surface area contributed by atoms with Gasteiger partial charge in [-0.1, -0.05) is 15.9 Å². The van der Waals surface area contributed by atoms with Crippen molar-refractivity contribution in [1.29, 1.82) is 0 Å². The van der Waals surface area contributed by atoms with E-state index in [1.54, 1.807) is 19.1 Å². The van der Waals surface area contributed by atoms with E-state index in [9.17, 15) is 9.59 Å². The maximum atomic E-state index is 11.8. The molecule has 6 heteroatoms. The van der Waals surface area contributed by atoms with Gasteiger partial charge >= 0.3 is 0 Å². The summed E-state index contributed by atoms with van der Waals surface area (Å²) in [6.07, 6.45) is -0.671. The van der Waals surface area contributed by atoms with Crippen LogP contribution in [0.2, 0.25) is 0 Å². The number of carbonyl (C=O) groups is 2. The standard InChI is InChI=1S/C12H15BrN2O3/c1-8(12(17)15(2)7-11(14)16)18-10-5-3-9(13)4-6-10/h3-6,8H,7H2,1-2H3,(H2,14,16)/t8-/m1/s1. The smallest absolute Gasteiger partial charge is 0.263 e. The third-order valence-electron chi connectivity index (χ3n) is 2.24. The summed E-state index contributed by atoms with van der Waals surface area (Å²) in [7, 11) is 1.51. The minimum Gasteiger partial charge on any atom is -0.481 e. The molecule has 0 saturated heterocycles. The predicted octanol–water partition coefficient (Wildman–Crippen LogP) is 1.16. The number of nitrogens with zero attached hydrogens (tertiary/aromatic N) is 1. The number of amides is 2. The fourth-order valence-electron chi connectivity index (χ4n) is 1.39. The van der Waals surface area contributed by atoms with E-state index >= 15 is 0 Å². The van der Waals surface area contributed by atoms with Crippen LogP contribution in [-0.2, 0) is 9.59 Å². The molecule has 0 aliphatic heterocycles. The number of nitrogens with two attached hydrogens (primary N) is 1. The number of ether oxygens (including phenoxy) is 1. The highest BCUT2D eigenvalue weighted by atomic mass is 79.9.